The van der Waals surface area contributed by atoms with Crippen LogP contribution >= 0.6 is 0 Å². The van der Waals surface area contributed by atoms with Gasteiger partial charge in [-0.3, -0.25) is 0 Å². The fourth-order valence-electron chi connectivity index (χ4n) is 2.16. The predicted octanol–water partition coefficient (Wildman–Crippen LogP) is 3.64. The van der Waals surface area contributed by atoms with E-state index >= 15 is 0 Å². The van der Waals surface area contributed by atoms with Gasteiger partial charge in [0.2, 0.25) is 5.88 Å². The molecule has 1 N–H and O–H groups in total. The highest BCUT2D eigenvalue weighted by Gasteiger charge is 2.08. The fraction of sp³-hybridized carbons (Fsp3) is 0.0556. The lowest BCUT2D eigenvalue weighted by Gasteiger charge is -2.09. The molecular formula is C18H14N2O4. The molecule has 2 aromatic carbocycles. The third-order valence-electron chi connectivity index (χ3n) is 3.33. The average molecular weight is 322 g/mol. The van der Waals surface area contributed by atoms with E-state index in [2.05, 4.69) is 10.2 Å². The molecule has 0 fully saturated rings. The van der Waals surface area contributed by atoms with E-state index in [1.807, 2.05) is 12.1 Å². The Bertz CT molecular complexity index is 863. The van der Waals surface area contributed by atoms with Crippen LogP contribution in [0.5, 0.6) is 17.4 Å². The second-order valence-electron chi connectivity index (χ2n) is 4.90. The number of aromatic carboxylic acids is 1. The number of ether oxygens (including phenoxy) is 2. The number of carboxylic acid groups (broad SMARTS) is 1. The molecule has 0 bridgehead atoms. The Balaban J connectivity index is 1.83. The van der Waals surface area contributed by atoms with Crippen LogP contribution in [0.1, 0.15) is 10.4 Å². The van der Waals surface area contributed by atoms with Crippen LogP contribution in [0.15, 0.2) is 60.7 Å². The molecule has 6 nitrogen and oxygen atoms in total. The summed E-state index contributed by atoms with van der Waals surface area (Å²) < 4.78 is 10.9. The highest BCUT2D eigenvalue weighted by atomic mass is 16.5. The molecule has 3 rings (SSSR count). The number of nitrogens with zero attached hydrogens (tertiary/aromatic N) is 2. The Morgan fingerprint density at radius 2 is 1.75 bits per heavy atom. The Kier molecular flexibility index (Phi) is 4.38. The molecule has 6 heteroatoms. The molecule has 0 aliphatic carbocycles. The van der Waals surface area contributed by atoms with E-state index < -0.39 is 5.97 Å². The van der Waals surface area contributed by atoms with Gasteiger partial charge in [0.1, 0.15) is 0 Å². The summed E-state index contributed by atoms with van der Waals surface area (Å²) in [5, 5.41) is 17.2. The maximum Gasteiger partial charge on any atom is 0.335 e. The van der Waals surface area contributed by atoms with Crippen LogP contribution in [0.2, 0.25) is 0 Å². The monoisotopic (exact) mass is 322 g/mol. The van der Waals surface area contributed by atoms with E-state index in [0.29, 0.717) is 28.6 Å². The maximum absolute atomic E-state index is 11.0. The first-order valence-electron chi connectivity index (χ1n) is 7.15. The zero-order valence-electron chi connectivity index (χ0n) is 12.8. The molecule has 3 aromatic rings. The molecule has 1 aromatic heterocycles. The zero-order chi connectivity index (χ0) is 16.9. The zero-order valence-corrected chi connectivity index (χ0v) is 12.8. The van der Waals surface area contributed by atoms with Gasteiger partial charge < -0.3 is 14.6 Å². The molecule has 0 saturated carbocycles. The molecule has 0 amide bonds. The lowest BCUT2D eigenvalue weighted by atomic mass is 10.1. The van der Waals surface area contributed by atoms with Gasteiger partial charge in [-0.15, -0.1) is 10.2 Å². The third-order valence-corrected chi connectivity index (χ3v) is 3.33. The Morgan fingerprint density at radius 3 is 2.42 bits per heavy atom. The quantitative estimate of drug-likeness (QED) is 0.772. The minimum Gasteiger partial charge on any atom is -0.493 e. The van der Waals surface area contributed by atoms with E-state index in [-0.39, 0.29) is 5.56 Å². The number of hydrogen-bond donors (Lipinski definition) is 1. The topological polar surface area (TPSA) is 81.5 Å². The van der Waals surface area contributed by atoms with Crippen LogP contribution < -0.4 is 9.47 Å². The Labute approximate surface area is 138 Å². The van der Waals surface area contributed by atoms with Crippen molar-refractivity contribution in [1.29, 1.82) is 0 Å². The molecule has 0 radical (unpaired) electrons. The number of benzene rings is 2. The van der Waals surface area contributed by atoms with E-state index in [1.54, 1.807) is 49.6 Å². The molecule has 0 atom stereocenters. The fourth-order valence-corrected chi connectivity index (χ4v) is 2.16. The SMILES string of the molecule is COc1ccccc1Oc1ccc(-c2cccc(C(=O)O)c2)nn1. The number of para-hydroxylation sites is 2. The number of carbonyl (C=O) groups is 1. The van der Waals surface area contributed by atoms with Gasteiger partial charge in [-0.25, -0.2) is 4.79 Å². The lowest BCUT2D eigenvalue weighted by Crippen LogP contribution is -1.97. The van der Waals surface area contributed by atoms with Crippen molar-refractivity contribution in [2.75, 3.05) is 7.11 Å². The van der Waals surface area contributed by atoms with Gasteiger partial charge in [0, 0.05) is 11.6 Å². The highest BCUT2D eigenvalue weighted by molar-refractivity contribution is 5.89. The minimum atomic E-state index is -0.985. The van der Waals surface area contributed by atoms with Crippen molar-refractivity contribution >= 4 is 5.97 Å². The minimum absolute atomic E-state index is 0.198. The van der Waals surface area contributed by atoms with E-state index in [0.717, 1.165) is 0 Å². The standard InChI is InChI=1S/C18H14N2O4/c1-23-15-7-2-3-8-16(15)24-17-10-9-14(19-20-17)12-5-4-6-13(11-12)18(21)22/h2-11H,1H3,(H,21,22). The summed E-state index contributed by atoms with van der Waals surface area (Å²) in [6.07, 6.45) is 0. The normalized spacial score (nSPS) is 10.2. The largest absolute Gasteiger partial charge is 0.493 e. The molecule has 24 heavy (non-hydrogen) atoms. The molecule has 0 aliphatic heterocycles. The van der Waals surface area contributed by atoms with Crippen LogP contribution in [0.25, 0.3) is 11.3 Å². The number of aromatic nitrogens is 2. The van der Waals surface area contributed by atoms with E-state index in [1.165, 1.54) is 6.07 Å². The first-order valence-corrected chi connectivity index (χ1v) is 7.15. The number of carboxylic acids is 1. The van der Waals surface area contributed by atoms with Crippen LogP contribution in [0, 0.1) is 0 Å². The summed E-state index contributed by atoms with van der Waals surface area (Å²) in [4.78, 5) is 11.0. The van der Waals surface area contributed by atoms with E-state index in [4.69, 9.17) is 14.6 Å². The van der Waals surface area contributed by atoms with Crippen LogP contribution in [-0.4, -0.2) is 28.4 Å². The van der Waals surface area contributed by atoms with Crippen molar-refractivity contribution in [2.45, 2.75) is 0 Å². The van der Waals surface area contributed by atoms with Crippen molar-refractivity contribution in [1.82, 2.24) is 10.2 Å². The van der Waals surface area contributed by atoms with Gasteiger partial charge in [0.15, 0.2) is 11.5 Å². The van der Waals surface area contributed by atoms with Gasteiger partial charge in [-0.2, -0.15) is 0 Å². The summed E-state index contributed by atoms with van der Waals surface area (Å²) in [7, 11) is 1.56. The number of rotatable bonds is 5. The van der Waals surface area contributed by atoms with E-state index in [9.17, 15) is 4.79 Å². The van der Waals surface area contributed by atoms with Crippen LogP contribution in [0.3, 0.4) is 0 Å². The molecule has 0 aliphatic rings. The van der Waals surface area contributed by atoms with Gasteiger partial charge in [0.25, 0.3) is 0 Å². The van der Waals surface area contributed by atoms with Crippen LogP contribution in [0.4, 0.5) is 0 Å². The molecular weight excluding hydrogens is 308 g/mol. The van der Waals surface area contributed by atoms with Gasteiger partial charge in [-0.1, -0.05) is 24.3 Å². The second-order valence-corrected chi connectivity index (χ2v) is 4.90. The molecule has 120 valence electrons. The molecule has 0 saturated heterocycles. The molecule has 1 heterocycles. The van der Waals surface area contributed by atoms with Crippen molar-refractivity contribution in [3.8, 4) is 28.6 Å². The van der Waals surface area contributed by atoms with Crippen molar-refractivity contribution in [3.63, 3.8) is 0 Å². The first kappa shape index (κ1) is 15.5. The third kappa shape index (κ3) is 3.33. The number of methoxy groups -OCH3 is 1. The van der Waals surface area contributed by atoms with Crippen LogP contribution in [-0.2, 0) is 0 Å². The van der Waals surface area contributed by atoms with Gasteiger partial charge in [0.05, 0.1) is 18.4 Å². The summed E-state index contributed by atoms with van der Waals surface area (Å²) in [5.74, 6) is 0.464. The van der Waals surface area contributed by atoms with Gasteiger partial charge in [-0.05, 0) is 30.3 Å². The second kappa shape index (κ2) is 6.78. The van der Waals surface area contributed by atoms with Gasteiger partial charge >= 0.3 is 5.97 Å². The predicted molar refractivity (Wildman–Crippen MR) is 87.5 cm³/mol. The highest BCUT2D eigenvalue weighted by Crippen LogP contribution is 2.30. The smallest absolute Gasteiger partial charge is 0.335 e. The number of hydrogen-bond acceptors (Lipinski definition) is 5. The summed E-state index contributed by atoms with van der Waals surface area (Å²) >= 11 is 0. The summed E-state index contributed by atoms with van der Waals surface area (Å²) in [5.41, 5.74) is 1.43. The molecule has 0 spiro atoms. The maximum atomic E-state index is 11.0. The molecule has 0 unspecified atom stereocenters. The summed E-state index contributed by atoms with van der Waals surface area (Å²) in [6.45, 7) is 0. The Morgan fingerprint density at radius 1 is 0.958 bits per heavy atom. The van der Waals surface area contributed by atoms with Crippen molar-refractivity contribution in [2.24, 2.45) is 0 Å². The Hall–Kier alpha value is -3.41. The van der Waals surface area contributed by atoms with Crippen molar-refractivity contribution in [3.05, 3.63) is 66.2 Å². The lowest BCUT2D eigenvalue weighted by molar-refractivity contribution is 0.0697. The average Bonchev–Trinajstić information content (AvgIpc) is 2.63. The van der Waals surface area contributed by atoms with Crippen molar-refractivity contribution < 1.29 is 19.4 Å². The first-order chi connectivity index (χ1) is 11.7. The summed E-state index contributed by atoms with van der Waals surface area (Å²) in [6, 6.07) is 17.1.